The second-order valence-corrected chi connectivity index (χ2v) is 9.95. The van der Waals surface area contributed by atoms with E-state index in [9.17, 15) is 9.90 Å². The van der Waals surface area contributed by atoms with Crippen LogP contribution in [0.4, 0.5) is 5.69 Å². The molecule has 28 heavy (non-hydrogen) atoms. The Balaban J connectivity index is 1.26. The minimum atomic E-state index is 0.0739. The van der Waals surface area contributed by atoms with E-state index in [4.69, 9.17) is 0 Å². The molecular weight excluding hydrogens is 370 g/mol. The Bertz CT molecular complexity index is 636. The summed E-state index contributed by atoms with van der Waals surface area (Å²) < 4.78 is 0. The molecule has 1 aromatic rings. The number of rotatable bonds is 6. The third-order valence-corrected chi connectivity index (χ3v) is 8.08. The summed E-state index contributed by atoms with van der Waals surface area (Å²) in [5, 5.41) is 20.5. The van der Waals surface area contributed by atoms with Crippen LogP contribution in [-0.2, 0) is 4.79 Å². The third kappa shape index (κ3) is 5.02. The topological polar surface area (TPSA) is 73.4 Å². The third-order valence-electron chi connectivity index (χ3n) is 6.61. The monoisotopic (exact) mass is 403 g/mol. The summed E-state index contributed by atoms with van der Waals surface area (Å²) in [4.78, 5) is 12.6. The molecule has 0 aromatic heterocycles. The highest BCUT2D eigenvalue weighted by molar-refractivity contribution is 7.99. The minimum Gasteiger partial charge on any atom is -0.396 e. The van der Waals surface area contributed by atoms with Crippen molar-refractivity contribution in [1.29, 1.82) is 0 Å². The Labute approximate surface area is 172 Å². The zero-order valence-corrected chi connectivity index (χ0v) is 17.3. The van der Waals surface area contributed by atoms with Crippen molar-refractivity contribution in [3.05, 3.63) is 30.3 Å². The average Bonchev–Trinajstić information content (AvgIpc) is 2.73. The lowest BCUT2D eigenvalue weighted by Gasteiger charge is -2.43. The summed E-state index contributed by atoms with van der Waals surface area (Å²) >= 11 is 1.99. The lowest BCUT2D eigenvalue weighted by Crippen LogP contribution is -2.64. The molecule has 4 rings (SSSR count). The molecule has 0 radical (unpaired) electrons. The predicted molar refractivity (Wildman–Crippen MR) is 115 cm³/mol. The first-order valence-corrected chi connectivity index (χ1v) is 11.9. The fraction of sp³-hybridized carbons (Fsp3) is 0.682. The average molecular weight is 404 g/mol. The molecule has 2 aliphatic carbocycles. The van der Waals surface area contributed by atoms with Crippen molar-refractivity contribution in [3.63, 3.8) is 0 Å². The number of carbonyl (C=O) groups excluding carboxylic acids is 1. The molecule has 5 nitrogen and oxygen atoms in total. The highest BCUT2D eigenvalue weighted by Crippen LogP contribution is 2.33. The molecule has 3 aliphatic rings. The van der Waals surface area contributed by atoms with E-state index in [2.05, 4.69) is 40.2 Å². The van der Waals surface area contributed by atoms with Crippen molar-refractivity contribution >= 4 is 23.4 Å². The Morgan fingerprint density at radius 1 is 1.07 bits per heavy atom. The normalized spacial score (nSPS) is 35.7. The summed E-state index contributed by atoms with van der Waals surface area (Å²) in [6.45, 7) is 0.332. The van der Waals surface area contributed by atoms with Gasteiger partial charge in [0.05, 0.1) is 12.1 Å². The van der Waals surface area contributed by atoms with Crippen LogP contribution in [0.15, 0.2) is 30.3 Å². The largest absolute Gasteiger partial charge is 0.396 e. The lowest BCUT2D eigenvalue weighted by molar-refractivity contribution is -0.130. The van der Waals surface area contributed by atoms with Crippen LogP contribution in [0, 0.1) is 11.8 Å². The summed E-state index contributed by atoms with van der Waals surface area (Å²) in [5.74, 6) is 1.77. The number of aliphatic hydroxyl groups excluding tert-OH is 1. The molecule has 6 heteroatoms. The highest BCUT2D eigenvalue weighted by Gasteiger charge is 2.40. The van der Waals surface area contributed by atoms with Gasteiger partial charge >= 0.3 is 0 Å². The van der Waals surface area contributed by atoms with Crippen LogP contribution in [0.2, 0.25) is 0 Å². The van der Waals surface area contributed by atoms with E-state index in [-0.39, 0.29) is 24.0 Å². The van der Waals surface area contributed by atoms with Crippen LogP contribution >= 0.6 is 11.8 Å². The predicted octanol–water partition coefficient (Wildman–Crippen LogP) is 2.97. The highest BCUT2D eigenvalue weighted by atomic mass is 32.2. The van der Waals surface area contributed by atoms with E-state index in [1.165, 1.54) is 12.8 Å². The Hall–Kier alpha value is -1.24. The Kier molecular flexibility index (Phi) is 6.81. The van der Waals surface area contributed by atoms with Gasteiger partial charge < -0.3 is 15.7 Å². The fourth-order valence-corrected chi connectivity index (χ4v) is 6.20. The number of hydrogen-bond donors (Lipinski definition) is 4. The standard InChI is InChI=1S/C22H33N3O2S/c26-13-15-6-9-18(10-7-15)28-14-21-24-20-12-17(8-11-19(20)22(27)25-21)23-16-4-2-1-3-5-16/h1-5,15,17-21,23-24,26H,6-14H2,(H,25,27). The Morgan fingerprint density at radius 3 is 2.61 bits per heavy atom. The molecule has 4 unspecified atom stereocenters. The molecule has 154 valence electrons. The molecule has 0 spiro atoms. The SMILES string of the molecule is O=C1NC(CSC2CCC(CO)CC2)NC2CC(Nc3ccccc3)CCC12. The van der Waals surface area contributed by atoms with Crippen molar-refractivity contribution in [2.75, 3.05) is 17.7 Å². The fourth-order valence-electron chi connectivity index (χ4n) is 4.95. The van der Waals surface area contributed by atoms with Gasteiger partial charge in [-0.2, -0.15) is 11.8 Å². The van der Waals surface area contributed by atoms with Gasteiger partial charge in [0.25, 0.3) is 0 Å². The van der Waals surface area contributed by atoms with Gasteiger partial charge in [-0.1, -0.05) is 18.2 Å². The van der Waals surface area contributed by atoms with Crippen LogP contribution in [-0.4, -0.2) is 46.9 Å². The molecule has 1 amide bonds. The van der Waals surface area contributed by atoms with E-state index >= 15 is 0 Å². The Morgan fingerprint density at radius 2 is 1.86 bits per heavy atom. The van der Waals surface area contributed by atoms with Crippen LogP contribution < -0.4 is 16.0 Å². The van der Waals surface area contributed by atoms with E-state index < -0.39 is 0 Å². The van der Waals surface area contributed by atoms with Crippen molar-refractivity contribution in [2.45, 2.75) is 68.4 Å². The first-order chi connectivity index (χ1) is 13.7. The van der Waals surface area contributed by atoms with E-state index in [1.807, 2.05) is 17.8 Å². The van der Waals surface area contributed by atoms with Gasteiger partial charge in [-0.15, -0.1) is 0 Å². The summed E-state index contributed by atoms with van der Waals surface area (Å²) in [6.07, 6.45) is 7.70. The van der Waals surface area contributed by atoms with Crippen molar-refractivity contribution in [3.8, 4) is 0 Å². The molecule has 1 heterocycles. The van der Waals surface area contributed by atoms with Crippen LogP contribution in [0.5, 0.6) is 0 Å². The van der Waals surface area contributed by atoms with E-state index in [0.29, 0.717) is 23.8 Å². The van der Waals surface area contributed by atoms with Gasteiger partial charge in [0.2, 0.25) is 5.91 Å². The number of carbonyl (C=O) groups is 1. The van der Waals surface area contributed by atoms with E-state index in [0.717, 1.165) is 43.5 Å². The molecule has 1 aliphatic heterocycles. The first kappa shape index (κ1) is 20.0. The smallest absolute Gasteiger partial charge is 0.225 e. The number of fused-ring (bicyclic) bond motifs is 1. The van der Waals surface area contributed by atoms with Crippen molar-refractivity contribution in [2.24, 2.45) is 11.8 Å². The number of anilines is 1. The molecule has 3 fully saturated rings. The van der Waals surface area contributed by atoms with Crippen LogP contribution in [0.1, 0.15) is 44.9 Å². The van der Waals surface area contributed by atoms with Gasteiger partial charge in [0.15, 0.2) is 0 Å². The molecule has 2 saturated carbocycles. The van der Waals surface area contributed by atoms with Gasteiger partial charge in [0.1, 0.15) is 0 Å². The zero-order chi connectivity index (χ0) is 19.3. The number of hydrogen-bond acceptors (Lipinski definition) is 5. The maximum Gasteiger partial charge on any atom is 0.225 e. The minimum absolute atomic E-state index is 0.0739. The second kappa shape index (κ2) is 9.51. The van der Waals surface area contributed by atoms with Gasteiger partial charge in [-0.3, -0.25) is 10.1 Å². The van der Waals surface area contributed by atoms with Crippen molar-refractivity contribution < 1.29 is 9.90 Å². The molecule has 1 aromatic carbocycles. The maximum atomic E-state index is 12.6. The molecule has 0 bridgehead atoms. The van der Waals surface area contributed by atoms with Crippen LogP contribution in [0.25, 0.3) is 0 Å². The maximum absolute atomic E-state index is 12.6. The molecule has 1 saturated heterocycles. The van der Waals surface area contributed by atoms with E-state index in [1.54, 1.807) is 0 Å². The van der Waals surface area contributed by atoms with Gasteiger partial charge in [0, 0.05) is 35.4 Å². The zero-order valence-electron chi connectivity index (χ0n) is 16.5. The summed E-state index contributed by atoms with van der Waals surface area (Å²) in [5.41, 5.74) is 1.16. The summed E-state index contributed by atoms with van der Waals surface area (Å²) in [6, 6.07) is 11.1. The molecular formula is C22H33N3O2S. The number of thioether (sulfide) groups is 1. The second-order valence-electron chi connectivity index (χ2n) is 8.62. The van der Waals surface area contributed by atoms with Gasteiger partial charge in [-0.05, 0) is 63.0 Å². The first-order valence-electron chi connectivity index (χ1n) is 10.8. The number of benzene rings is 1. The molecule has 4 atom stereocenters. The summed E-state index contributed by atoms with van der Waals surface area (Å²) in [7, 11) is 0. The number of aliphatic hydroxyl groups is 1. The number of amides is 1. The van der Waals surface area contributed by atoms with Crippen LogP contribution in [0.3, 0.4) is 0 Å². The lowest BCUT2D eigenvalue weighted by atomic mass is 9.79. The molecule has 4 N–H and O–H groups in total. The van der Waals surface area contributed by atoms with Crippen molar-refractivity contribution in [1.82, 2.24) is 10.6 Å². The quantitative estimate of drug-likeness (QED) is 0.588. The number of nitrogens with one attached hydrogen (secondary N) is 3. The van der Waals surface area contributed by atoms with Gasteiger partial charge in [-0.25, -0.2) is 0 Å². The number of para-hydroxylation sites is 1.